The van der Waals surface area contributed by atoms with Gasteiger partial charge in [0.25, 0.3) is 0 Å². The molecule has 0 bridgehead atoms. The predicted molar refractivity (Wildman–Crippen MR) is 67.4 cm³/mol. The van der Waals surface area contributed by atoms with E-state index in [9.17, 15) is 9.90 Å². The number of aliphatic hydroxyl groups is 1. The first kappa shape index (κ1) is 12.9. The summed E-state index contributed by atoms with van der Waals surface area (Å²) in [4.78, 5) is 11.6. The van der Waals surface area contributed by atoms with Gasteiger partial charge in [-0.15, -0.1) is 0 Å². The lowest BCUT2D eigenvalue weighted by atomic mass is 10.1. The second-order valence-electron chi connectivity index (χ2n) is 3.90. The Morgan fingerprint density at radius 1 is 1.56 bits per heavy atom. The van der Waals surface area contributed by atoms with Gasteiger partial charge in [0.1, 0.15) is 5.58 Å². The third kappa shape index (κ3) is 2.49. The van der Waals surface area contributed by atoms with Gasteiger partial charge in [0.2, 0.25) is 0 Å². The molecule has 0 fully saturated rings. The number of carbonyl (C=O) groups excluding carboxylic acids is 1. The molecule has 0 spiro atoms. The SMILES string of the molecule is CCCOC(=O)C(O)c1coc2cc(Cl)ccc12. The Bertz CT molecular complexity index is 561. The number of hydrogen-bond acceptors (Lipinski definition) is 4. The number of benzene rings is 1. The van der Waals surface area contributed by atoms with Gasteiger partial charge in [0.15, 0.2) is 6.10 Å². The van der Waals surface area contributed by atoms with E-state index in [1.165, 1.54) is 6.26 Å². The maximum atomic E-state index is 11.6. The molecule has 1 atom stereocenters. The topological polar surface area (TPSA) is 59.7 Å². The summed E-state index contributed by atoms with van der Waals surface area (Å²) in [5, 5.41) is 11.1. The zero-order valence-electron chi connectivity index (χ0n) is 9.85. The Hall–Kier alpha value is -1.52. The molecule has 18 heavy (non-hydrogen) atoms. The molecule has 4 nitrogen and oxygen atoms in total. The lowest BCUT2D eigenvalue weighted by Gasteiger charge is -2.08. The summed E-state index contributed by atoms with van der Waals surface area (Å²) < 4.78 is 10.1. The highest BCUT2D eigenvalue weighted by Gasteiger charge is 2.23. The van der Waals surface area contributed by atoms with Gasteiger partial charge in [-0.2, -0.15) is 0 Å². The highest BCUT2D eigenvalue weighted by atomic mass is 35.5. The Morgan fingerprint density at radius 2 is 2.33 bits per heavy atom. The molecule has 1 aromatic carbocycles. The summed E-state index contributed by atoms with van der Waals surface area (Å²) in [6.07, 6.45) is 0.720. The molecule has 0 saturated carbocycles. The molecule has 1 N–H and O–H groups in total. The van der Waals surface area contributed by atoms with Gasteiger partial charge < -0.3 is 14.3 Å². The van der Waals surface area contributed by atoms with Crippen LogP contribution in [0.25, 0.3) is 11.0 Å². The lowest BCUT2D eigenvalue weighted by Crippen LogP contribution is -2.15. The van der Waals surface area contributed by atoms with Crippen molar-refractivity contribution in [3.63, 3.8) is 0 Å². The number of ether oxygens (including phenoxy) is 1. The zero-order valence-corrected chi connectivity index (χ0v) is 10.6. The van der Waals surface area contributed by atoms with Crippen LogP contribution in [0.5, 0.6) is 0 Å². The fourth-order valence-electron chi connectivity index (χ4n) is 1.64. The van der Waals surface area contributed by atoms with Gasteiger partial charge in [-0.1, -0.05) is 18.5 Å². The van der Waals surface area contributed by atoms with Crippen molar-refractivity contribution in [1.29, 1.82) is 0 Å². The normalized spacial score (nSPS) is 12.6. The van der Waals surface area contributed by atoms with Gasteiger partial charge in [0.05, 0.1) is 12.9 Å². The van der Waals surface area contributed by atoms with Gasteiger partial charge in [-0.3, -0.25) is 0 Å². The first-order valence-electron chi connectivity index (χ1n) is 5.65. The molecule has 0 aliphatic heterocycles. The molecule has 2 rings (SSSR count). The van der Waals surface area contributed by atoms with Gasteiger partial charge in [-0.25, -0.2) is 4.79 Å². The Morgan fingerprint density at radius 3 is 3.06 bits per heavy atom. The summed E-state index contributed by atoms with van der Waals surface area (Å²) in [7, 11) is 0. The molecule has 1 aromatic heterocycles. The molecule has 0 radical (unpaired) electrons. The summed E-state index contributed by atoms with van der Waals surface area (Å²) >= 11 is 5.82. The summed E-state index contributed by atoms with van der Waals surface area (Å²) in [5.41, 5.74) is 0.919. The molecular formula is C13H13ClO4. The molecule has 96 valence electrons. The van der Waals surface area contributed by atoms with E-state index in [1.54, 1.807) is 18.2 Å². The zero-order chi connectivity index (χ0) is 13.1. The van der Waals surface area contributed by atoms with E-state index in [4.69, 9.17) is 20.8 Å². The van der Waals surface area contributed by atoms with Crippen molar-refractivity contribution in [2.45, 2.75) is 19.4 Å². The van der Waals surface area contributed by atoms with Crippen molar-refractivity contribution in [2.75, 3.05) is 6.61 Å². The fourth-order valence-corrected chi connectivity index (χ4v) is 1.81. The van der Waals surface area contributed by atoms with Gasteiger partial charge in [-0.05, 0) is 24.6 Å². The Labute approximate surface area is 109 Å². The summed E-state index contributed by atoms with van der Waals surface area (Å²) in [6, 6.07) is 5.00. The Kier molecular flexibility index (Phi) is 3.89. The van der Waals surface area contributed by atoms with E-state index in [1.807, 2.05) is 6.92 Å². The van der Waals surface area contributed by atoms with Crippen molar-refractivity contribution < 1.29 is 19.1 Å². The molecule has 0 aliphatic carbocycles. The monoisotopic (exact) mass is 268 g/mol. The van der Waals surface area contributed by atoms with Crippen molar-refractivity contribution in [3.05, 3.63) is 35.0 Å². The average molecular weight is 269 g/mol. The maximum Gasteiger partial charge on any atom is 0.339 e. The van der Waals surface area contributed by atoms with Crippen LogP contribution in [-0.4, -0.2) is 17.7 Å². The average Bonchev–Trinajstić information content (AvgIpc) is 2.77. The van der Waals surface area contributed by atoms with Gasteiger partial charge >= 0.3 is 5.97 Å². The highest BCUT2D eigenvalue weighted by Crippen LogP contribution is 2.29. The van der Waals surface area contributed by atoms with Crippen LogP contribution in [-0.2, 0) is 9.53 Å². The van der Waals surface area contributed by atoms with Crippen LogP contribution in [0.4, 0.5) is 0 Å². The van der Waals surface area contributed by atoms with E-state index in [-0.39, 0.29) is 6.61 Å². The van der Waals surface area contributed by atoms with Crippen LogP contribution < -0.4 is 0 Å². The van der Waals surface area contributed by atoms with Crippen LogP contribution in [0.2, 0.25) is 5.02 Å². The minimum absolute atomic E-state index is 0.289. The van der Waals surface area contributed by atoms with Crippen LogP contribution in [0, 0.1) is 0 Å². The van der Waals surface area contributed by atoms with Crippen molar-refractivity contribution in [2.24, 2.45) is 0 Å². The molecular weight excluding hydrogens is 256 g/mol. The lowest BCUT2D eigenvalue weighted by molar-refractivity contribution is -0.153. The Balaban J connectivity index is 2.28. The maximum absolute atomic E-state index is 11.6. The predicted octanol–water partition coefficient (Wildman–Crippen LogP) is 3.07. The summed E-state index contributed by atoms with van der Waals surface area (Å²) in [5.74, 6) is -0.672. The van der Waals surface area contributed by atoms with Crippen LogP contribution >= 0.6 is 11.6 Å². The molecule has 2 aromatic rings. The number of rotatable bonds is 4. The standard InChI is InChI=1S/C13H13ClO4/c1-2-5-17-13(16)12(15)10-7-18-11-6-8(14)3-4-9(10)11/h3-4,6-7,12,15H,2,5H2,1H3. The molecule has 0 amide bonds. The number of furan rings is 1. The first-order valence-corrected chi connectivity index (χ1v) is 6.02. The third-order valence-electron chi connectivity index (χ3n) is 2.53. The van der Waals surface area contributed by atoms with E-state index in [2.05, 4.69) is 0 Å². The van der Waals surface area contributed by atoms with Crippen LogP contribution in [0.1, 0.15) is 25.0 Å². The van der Waals surface area contributed by atoms with E-state index >= 15 is 0 Å². The van der Waals surface area contributed by atoms with E-state index < -0.39 is 12.1 Å². The summed E-state index contributed by atoms with van der Waals surface area (Å²) in [6.45, 7) is 2.17. The molecule has 0 saturated heterocycles. The van der Waals surface area contributed by atoms with Crippen molar-refractivity contribution >= 4 is 28.5 Å². The second kappa shape index (κ2) is 5.42. The van der Waals surface area contributed by atoms with Crippen LogP contribution in [0.15, 0.2) is 28.9 Å². The molecule has 1 unspecified atom stereocenters. The first-order chi connectivity index (χ1) is 8.63. The molecule has 5 heteroatoms. The largest absolute Gasteiger partial charge is 0.464 e. The smallest absolute Gasteiger partial charge is 0.339 e. The minimum Gasteiger partial charge on any atom is -0.464 e. The van der Waals surface area contributed by atoms with E-state index in [0.717, 1.165) is 0 Å². The molecule has 0 aliphatic rings. The number of halogens is 1. The third-order valence-corrected chi connectivity index (χ3v) is 2.77. The second-order valence-corrected chi connectivity index (χ2v) is 4.34. The number of aliphatic hydroxyl groups excluding tert-OH is 1. The van der Waals surface area contributed by atoms with Crippen LogP contribution in [0.3, 0.4) is 0 Å². The minimum atomic E-state index is -1.33. The number of carbonyl (C=O) groups is 1. The number of hydrogen-bond donors (Lipinski definition) is 1. The van der Waals surface area contributed by atoms with Crippen molar-refractivity contribution in [3.8, 4) is 0 Å². The number of fused-ring (bicyclic) bond motifs is 1. The van der Waals surface area contributed by atoms with E-state index in [0.29, 0.717) is 28.0 Å². The molecule has 1 heterocycles. The van der Waals surface area contributed by atoms with Crippen molar-refractivity contribution in [1.82, 2.24) is 0 Å². The fraction of sp³-hybridized carbons (Fsp3) is 0.308. The number of esters is 1. The highest BCUT2D eigenvalue weighted by molar-refractivity contribution is 6.31. The van der Waals surface area contributed by atoms with Gasteiger partial charge in [0, 0.05) is 16.0 Å². The quantitative estimate of drug-likeness (QED) is 0.866.